The van der Waals surface area contributed by atoms with E-state index in [0.29, 0.717) is 11.3 Å². The molecule has 0 unspecified atom stereocenters. The lowest BCUT2D eigenvalue weighted by Gasteiger charge is -2.10. The normalized spacial score (nSPS) is 9.80. The molecule has 0 saturated carbocycles. The number of hydrogen-bond donors (Lipinski definition) is 2. The zero-order chi connectivity index (χ0) is 14.7. The first-order valence-electron chi connectivity index (χ1n) is 5.68. The molecule has 0 saturated heterocycles. The van der Waals surface area contributed by atoms with Crippen LogP contribution in [0.25, 0.3) is 0 Å². The topological polar surface area (TPSA) is 109 Å². The van der Waals surface area contributed by atoms with Crippen LogP contribution in [0.2, 0.25) is 0 Å². The highest BCUT2D eigenvalue weighted by Crippen LogP contribution is 2.28. The molecular weight excluding hydrogens is 258 g/mol. The number of aromatic carboxylic acids is 1. The van der Waals surface area contributed by atoms with Crippen LogP contribution in [0.1, 0.15) is 21.5 Å². The molecule has 6 heteroatoms. The molecule has 0 aliphatic rings. The summed E-state index contributed by atoms with van der Waals surface area (Å²) in [6.07, 6.45) is 1.31. The lowest BCUT2D eigenvalue weighted by Crippen LogP contribution is -2.04. The third-order valence-corrected chi connectivity index (χ3v) is 2.63. The fourth-order valence-corrected chi connectivity index (χ4v) is 1.59. The SMILES string of the molecule is Cc1ccc(C#N)cc1Oc1ncc(N)cc1C(=O)O. The predicted octanol–water partition coefficient (Wildman–Crippen LogP) is 2.33. The van der Waals surface area contributed by atoms with Gasteiger partial charge in [0, 0.05) is 0 Å². The second kappa shape index (κ2) is 5.28. The molecule has 2 aromatic rings. The molecule has 0 fully saturated rings. The van der Waals surface area contributed by atoms with Crippen molar-refractivity contribution in [1.82, 2.24) is 4.98 Å². The Hall–Kier alpha value is -3.07. The Balaban J connectivity index is 2.45. The van der Waals surface area contributed by atoms with Crippen LogP contribution in [0.15, 0.2) is 30.5 Å². The number of ether oxygens (including phenoxy) is 1. The fraction of sp³-hybridized carbons (Fsp3) is 0.0714. The Labute approximate surface area is 115 Å². The second-order valence-electron chi connectivity index (χ2n) is 4.12. The number of aromatic nitrogens is 1. The minimum Gasteiger partial charge on any atom is -0.477 e. The van der Waals surface area contributed by atoms with Crippen molar-refractivity contribution in [2.24, 2.45) is 0 Å². The molecule has 20 heavy (non-hydrogen) atoms. The summed E-state index contributed by atoms with van der Waals surface area (Å²) >= 11 is 0. The van der Waals surface area contributed by atoms with E-state index in [4.69, 9.17) is 20.8 Å². The van der Waals surface area contributed by atoms with Crippen molar-refractivity contribution in [2.75, 3.05) is 5.73 Å². The van der Waals surface area contributed by atoms with Gasteiger partial charge in [-0.15, -0.1) is 0 Å². The number of carboxylic acids is 1. The van der Waals surface area contributed by atoms with Crippen LogP contribution in [0.5, 0.6) is 11.6 Å². The highest BCUT2D eigenvalue weighted by Gasteiger charge is 2.15. The molecule has 0 bridgehead atoms. The van der Waals surface area contributed by atoms with E-state index in [2.05, 4.69) is 4.98 Å². The smallest absolute Gasteiger partial charge is 0.341 e. The van der Waals surface area contributed by atoms with E-state index >= 15 is 0 Å². The number of rotatable bonds is 3. The lowest BCUT2D eigenvalue weighted by atomic mass is 10.1. The van der Waals surface area contributed by atoms with Crippen molar-refractivity contribution in [1.29, 1.82) is 5.26 Å². The number of carbonyl (C=O) groups is 1. The number of carboxylic acid groups (broad SMARTS) is 1. The first-order valence-corrected chi connectivity index (χ1v) is 5.68. The molecule has 1 aromatic heterocycles. The van der Waals surface area contributed by atoms with Crippen LogP contribution in [0, 0.1) is 18.3 Å². The Bertz CT molecular complexity index is 720. The number of hydrogen-bond acceptors (Lipinski definition) is 5. The van der Waals surface area contributed by atoms with Gasteiger partial charge in [-0.1, -0.05) is 6.07 Å². The summed E-state index contributed by atoms with van der Waals surface area (Å²) in [5.41, 5.74) is 6.79. The van der Waals surface area contributed by atoms with Crippen molar-refractivity contribution in [2.45, 2.75) is 6.92 Å². The maximum atomic E-state index is 11.1. The number of nitrogens with two attached hydrogens (primary N) is 1. The van der Waals surface area contributed by atoms with Crippen molar-refractivity contribution >= 4 is 11.7 Å². The number of benzene rings is 1. The van der Waals surface area contributed by atoms with E-state index in [1.807, 2.05) is 6.07 Å². The van der Waals surface area contributed by atoms with E-state index in [0.717, 1.165) is 5.56 Å². The van der Waals surface area contributed by atoms with Crippen LogP contribution in [-0.4, -0.2) is 16.1 Å². The maximum Gasteiger partial charge on any atom is 0.341 e. The highest BCUT2D eigenvalue weighted by molar-refractivity contribution is 5.91. The molecule has 1 aromatic carbocycles. The standard InChI is InChI=1S/C14H11N3O3/c1-8-2-3-9(6-15)4-12(8)20-13-11(14(18)19)5-10(16)7-17-13/h2-5,7H,16H2,1H3,(H,18,19). The summed E-state index contributed by atoms with van der Waals surface area (Å²) in [5.74, 6) is -0.873. The van der Waals surface area contributed by atoms with Gasteiger partial charge in [-0.05, 0) is 30.7 Å². The summed E-state index contributed by atoms with van der Waals surface area (Å²) in [7, 11) is 0. The summed E-state index contributed by atoms with van der Waals surface area (Å²) in [6, 6.07) is 8.15. The van der Waals surface area contributed by atoms with Crippen LogP contribution in [-0.2, 0) is 0 Å². The van der Waals surface area contributed by atoms with Crippen LogP contribution >= 0.6 is 0 Å². The molecule has 0 radical (unpaired) electrons. The molecule has 2 rings (SSSR count). The van der Waals surface area contributed by atoms with E-state index in [1.165, 1.54) is 18.3 Å². The molecule has 1 heterocycles. The largest absolute Gasteiger partial charge is 0.477 e. The molecule has 0 atom stereocenters. The maximum absolute atomic E-state index is 11.1. The van der Waals surface area contributed by atoms with Crippen LogP contribution in [0.3, 0.4) is 0 Å². The minimum atomic E-state index is -1.19. The van der Waals surface area contributed by atoms with E-state index in [1.54, 1.807) is 19.1 Å². The predicted molar refractivity (Wildman–Crippen MR) is 71.6 cm³/mol. The molecule has 3 N–H and O–H groups in total. The van der Waals surface area contributed by atoms with E-state index in [9.17, 15) is 4.79 Å². The van der Waals surface area contributed by atoms with Gasteiger partial charge in [-0.25, -0.2) is 9.78 Å². The van der Waals surface area contributed by atoms with Crippen molar-refractivity contribution < 1.29 is 14.6 Å². The number of nitrogen functional groups attached to an aromatic ring is 1. The Morgan fingerprint density at radius 1 is 1.45 bits per heavy atom. The van der Waals surface area contributed by atoms with Gasteiger partial charge in [0.05, 0.1) is 23.5 Å². The number of pyridine rings is 1. The zero-order valence-corrected chi connectivity index (χ0v) is 10.6. The van der Waals surface area contributed by atoms with Gasteiger partial charge in [0.25, 0.3) is 0 Å². The monoisotopic (exact) mass is 269 g/mol. The van der Waals surface area contributed by atoms with Gasteiger partial charge < -0.3 is 15.6 Å². The van der Waals surface area contributed by atoms with Gasteiger partial charge in [-0.3, -0.25) is 0 Å². The number of aryl methyl sites for hydroxylation is 1. The van der Waals surface area contributed by atoms with Gasteiger partial charge in [0.2, 0.25) is 5.88 Å². The average Bonchev–Trinajstić information content (AvgIpc) is 2.42. The summed E-state index contributed by atoms with van der Waals surface area (Å²) in [6.45, 7) is 1.79. The molecule has 0 aliphatic carbocycles. The molecule has 6 nitrogen and oxygen atoms in total. The molecule has 100 valence electrons. The third kappa shape index (κ3) is 2.67. The summed E-state index contributed by atoms with van der Waals surface area (Å²) < 4.78 is 5.50. The molecule has 0 amide bonds. The number of nitriles is 1. The second-order valence-corrected chi connectivity index (χ2v) is 4.12. The molecule has 0 spiro atoms. The van der Waals surface area contributed by atoms with Gasteiger partial charge in [0.15, 0.2) is 0 Å². The Morgan fingerprint density at radius 3 is 2.85 bits per heavy atom. The first-order chi connectivity index (χ1) is 9.51. The summed E-state index contributed by atoms with van der Waals surface area (Å²) in [5, 5.41) is 18.0. The summed E-state index contributed by atoms with van der Waals surface area (Å²) in [4.78, 5) is 15.0. The quantitative estimate of drug-likeness (QED) is 0.884. The molecular formula is C14H11N3O3. The minimum absolute atomic E-state index is 0.0649. The average molecular weight is 269 g/mol. The van der Waals surface area contributed by atoms with E-state index < -0.39 is 5.97 Å². The zero-order valence-electron chi connectivity index (χ0n) is 10.6. The highest BCUT2D eigenvalue weighted by atomic mass is 16.5. The van der Waals surface area contributed by atoms with Crippen LogP contribution < -0.4 is 10.5 Å². The number of anilines is 1. The van der Waals surface area contributed by atoms with Crippen molar-refractivity contribution in [3.05, 3.63) is 47.2 Å². The Kier molecular flexibility index (Phi) is 3.53. The van der Waals surface area contributed by atoms with Gasteiger partial charge in [0.1, 0.15) is 11.3 Å². The molecule has 0 aliphatic heterocycles. The lowest BCUT2D eigenvalue weighted by molar-refractivity contribution is 0.0693. The van der Waals surface area contributed by atoms with Crippen molar-refractivity contribution in [3.63, 3.8) is 0 Å². The Morgan fingerprint density at radius 2 is 2.20 bits per heavy atom. The van der Waals surface area contributed by atoms with Gasteiger partial charge >= 0.3 is 5.97 Å². The van der Waals surface area contributed by atoms with Crippen molar-refractivity contribution in [3.8, 4) is 17.7 Å². The van der Waals surface area contributed by atoms with Crippen LogP contribution in [0.4, 0.5) is 5.69 Å². The number of nitrogens with zero attached hydrogens (tertiary/aromatic N) is 2. The van der Waals surface area contributed by atoms with Gasteiger partial charge in [-0.2, -0.15) is 5.26 Å². The first kappa shape index (κ1) is 13.4. The third-order valence-electron chi connectivity index (χ3n) is 2.63. The fourth-order valence-electron chi connectivity index (χ4n) is 1.59. The van der Waals surface area contributed by atoms with E-state index in [-0.39, 0.29) is 17.1 Å².